The highest BCUT2D eigenvalue weighted by Crippen LogP contribution is 2.27. The van der Waals surface area contributed by atoms with E-state index >= 15 is 0 Å². The van der Waals surface area contributed by atoms with Crippen LogP contribution in [0.4, 0.5) is 8.78 Å². The molecule has 0 amide bonds. The summed E-state index contributed by atoms with van der Waals surface area (Å²) < 4.78 is 26.7. The minimum atomic E-state index is -0.535. The Morgan fingerprint density at radius 1 is 1.19 bits per heavy atom. The summed E-state index contributed by atoms with van der Waals surface area (Å²) in [5.74, 6) is -0.535. The molecule has 0 saturated carbocycles. The molecule has 2 rings (SSSR count). The largest absolute Gasteiger partial charge is 0.317 e. The lowest BCUT2D eigenvalue weighted by atomic mass is 9.91. The van der Waals surface area contributed by atoms with Crippen molar-refractivity contribution in [3.05, 3.63) is 34.4 Å². The van der Waals surface area contributed by atoms with Crippen LogP contribution in [0.15, 0.2) is 12.1 Å². The van der Waals surface area contributed by atoms with E-state index in [1.54, 1.807) is 0 Å². The number of piperidine rings is 1. The van der Waals surface area contributed by atoms with E-state index in [9.17, 15) is 8.78 Å². The zero-order valence-electron chi connectivity index (χ0n) is 8.90. The van der Waals surface area contributed by atoms with Gasteiger partial charge in [0.25, 0.3) is 0 Å². The fourth-order valence-electron chi connectivity index (χ4n) is 2.13. The topological polar surface area (TPSA) is 12.0 Å². The smallest absolute Gasteiger partial charge is 0.142 e. The van der Waals surface area contributed by atoms with E-state index in [-0.39, 0.29) is 5.02 Å². The van der Waals surface area contributed by atoms with Crippen molar-refractivity contribution in [2.75, 3.05) is 13.1 Å². The average Bonchev–Trinajstić information content (AvgIpc) is 2.31. The molecule has 1 heterocycles. The molecule has 88 valence electrons. The molecule has 0 radical (unpaired) electrons. The van der Waals surface area contributed by atoms with Crippen LogP contribution in [0, 0.1) is 17.6 Å². The van der Waals surface area contributed by atoms with E-state index in [1.165, 1.54) is 0 Å². The molecule has 0 spiro atoms. The van der Waals surface area contributed by atoms with Crippen LogP contribution in [0.3, 0.4) is 0 Å². The van der Waals surface area contributed by atoms with Crippen LogP contribution in [-0.4, -0.2) is 13.1 Å². The van der Waals surface area contributed by atoms with E-state index in [0.29, 0.717) is 17.9 Å². The lowest BCUT2D eigenvalue weighted by Gasteiger charge is -2.23. The van der Waals surface area contributed by atoms with Gasteiger partial charge < -0.3 is 5.32 Å². The van der Waals surface area contributed by atoms with Crippen molar-refractivity contribution in [2.24, 2.45) is 5.92 Å². The molecule has 0 atom stereocenters. The molecule has 4 heteroatoms. The Labute approximate surface area is 98.8 Å². The third-order valence-electron chi connectivity index (χ3n) is 3.09. The molecule has 0 aromatic heterocycles. The first kappa shape index (κ1) is 11.8. The van der Waals surface area contributed by atoms with Gasteiger partial charge in [-0.25, -0.2) is 8.78 Å². The van der Waals surface area contributed by atoms with Crippen molar-refractivity contribution in [3.8, 4) is 0 Å². The van der Waals surface area contributed by atoms with Crippen molar-refractivity contribution in [1.29, 1.82) is 0 Å². The highest BCUT2D eigenvalue weighted by molar-refractivity contribution is 6.31. The van der Waals surface area contributed by atoms with Gasteiger partial charge in [-0.3, -0.25) is 0 Å². The van der Waals surface area contributed by atoms with Crippen LogP contribution < -0.4 is 5.32 Å². The summed E-state index contributed by atoms with van der Waals surface area (Å²) in [6, 6.07) is 2.22. The monoisotopic (exact) mass is 245 g/mol. The van der Waals surface area contributed by atoms with Crippen molar-refractivity contribution in [2.45, 2.75) is 19.3 Å². The van der Waals surface area contributed by atoms with Crippen molar-refractivity contribution in [3.63, 3.8) is 0 Å². The Morgan fingerprint density at radius 2 is 1.81 bits per heavy atom. The predicted octanol–water partition coefficient (Wildman–Crippen LogP) is 3.16. The zero-order chi connectivity index (χ0) is 11.5. The summed E-state index contributed by atoms with van der Waals surface area (Å²) in [7, 11) is 0. The molecule has 0 unspecified atom stereocenters. The second-order valence-corrected chi connectivity index (χ2v) is 4.60. The summed E-state index contributed by atoms with van der Waals surface area (Å²) in [4.78, 5) is 0. The van der Waals surface area contributed by atoms with Crippen LogP contribution in [0.1, 0.15) is 18.4 Å². The molecular weight excluding hydrogens is 232 g/mol. The Morgan fingerprint density at radius 3 is 2.50 bits per heavy atom. The molecule has 1 fully saturated rings. The zero-order valence-corrected chi connectivity index (χ0v) is 9.66. The van der Waals surface area contributed by atoms with Gasteiger partial charge >= 0.3 is 0 Å². The van der Waals surface area contributed by atoms with Crippen LogP contribution in [0.5, 0.6) is 0 Å². The van der Waals surface area contributed by atoms with Crippen molar-refractivity contribution in [1.82, 2.24) is 5.32 Å². The summed E-state index contributed by atoms with van der Waals surface area (Å²) in [6.45, 7) is 1.89. The number of rotatable bonds is 2. The molecule has 1 aromatic carbocycles. The van der Waals surface area contributed by atoms with Gasteiger partial charge in [-0.2, -0.15) is 0 Å². The minimum absolute atomic E-state index is 0.0569. The van der Waals surface area contributed by atoms with Crippen molar-refractivity contribution < 1.29 is 8.78 Å². The van der Waals surface area contributed by atoms with Gasteiger partial charge in [-0.15, -0.1) is 0 Å². The highest BCUT2D eigenvalue weighted by Gasteiger charge is 2.19. The lowest BCUT2D eigenvalue weighted by Crippen LogP contribution is -2.28. The van der Waals surface area contributed by atoms with E-state index < -0.39 is 11.6 Å². The SMILES string of the molecule is Fc1ccc(F)c(CC2CCNCC2)c1Cl. The van der Waals surface area contributed by atoms with Crippen LogP contribution in [0.2, 0.25) is 5.02 Å². The van der Waals surface area contributed by atoms with E-state index in [4.69, 9.17) is 11.6 Å². The summed E-state index contributed by atoms with van der Waals surface area (Å²) >= 11 is 5.79. The fraction of sp³-hybridized carbons (Fsp3) is 0.500. The van der Waals surface area contributed by atoms with Gasteiger partial charge in [-0.05, 0) is 50.4 Å². The van der Waals surface area contributed by atoms with Gasteiger partial charge in [0.2, 0.25) is 0 Å². The molecule has 1 aromatic rings. The maximum absolute atomic E-state index is 13.5. The Kier molecular flexibility index (Phi) is 3.77. The van der Waals surface area contributed by atoms with Gasteiger partial charge in [0, 0.05) is 5.56 Å². The summed E-state index contributed by atoms with van der Waals surface area (Å²) in [5, 5.41) is 3.18. The first-order chi connectivity index (χ1) is 7.68. The maximum Gasteiger partial charge on any atom is 0.142 e. The molecule has 1 aliphatic heterocycles. The fourth-order valence-corrected chi connectivity index (χ4v) is 2.36. The number of halogens is 3. The molecule has 1 nitrogen and oxygen atoms in total. The van der Waals surface area contributed by atoms with E-state index in [0.717, 1.165) is 38.1 Å². The standard InChI is InChI=1S/C12H14ClF2N/c13-12-9(10(14)1-2-11(12)15)7-8-3-5-16-6-4-8/h1-2,8,16H,3-7H2. The lowest BCUT2D eigenvalue weighted by molar-refractivity contribution is 0.368. The number of nitrogens with one attached hydrogen (secondary N) is 1. The van der Waals surface area contributed by atoms with Gasteiger partial charge in [0.15, 0.2) is 0 Å². The summed E-state index contributed by atoms with van der Waals surface area (Å²) in [5.41, 5.74) is 0.327. The molecule has 16 heavy (non-hydrogen) atoms. The third-order valence-corrected chi connectivity index (χ3v) is 3.50. The van der Waals surface area contributed by atoms with Gasteiger partial charge in [-0.1, -0.05) is 11.6 Å². The molecular formula is C12H14ClF2N. The number of hydrogen-bond acceptors (Lipinski definition) is 1. The van der Waals surface area contributed by atoms with E-state index in [2.05, 4.69) is 5.32 Å². The second kappa shape index (κ2) is 5.11. The highest BCUT2D eigenvalue weighted by atomic mass is 35.5. The van der Waals surface area contributed by atoms with Crippen LogP contribution in [0.25, 0.3) is 0 Å². The Bertz CT molecular complexity index is 376. The number of benzene rings is 1. The normalized spacial score (nSPS) is 17.7. The summed E-state index contributed by atoms with van der Waals surface area (Å²) in [6.07, 6.45) is 2.52. The molecule has 1 aliphatic rings. The van der Waals surface area contributed by atoms with E-state index in [1.807, 2.05) is 0 Å². The maximum atomic E-state index is 13.5. The molecule has 1 N–H and O–H groups in total. The predicted molar refractivity (Wildman–Crippen MR) is 60.7 cm³/mol. The Balaban J connectivity index is 2.16. The van der Waals surface area contributed by atoms with Gasteiger partial charge in [0.05, 0.1) is 5.02 Å². The minimum Gasteiger partial charge on any atom is -0.317 e. The van der Waals surface area contributed by atoms with Crippen LogP contribution in [-0.2, 0) is 6.42 Å². The quantitative estimate of drug-likeness (QED) is 0.790. The molecule has 0 bridgehead atoms. The average molecular weight is 246 g/mol. The third kappa shape index (κ3) is 2.53. The number of hydrogen-bond donors (Lipinski definition) is 1. The second-order valence-electron chi connectivity index (χ2n) is 4.22. The molecule has 1 saturated heterocycles. The van der Waals surface area contributed by atoms with Crippen LogP contribution >= 0.6 is 11.6 Å². The van der Waals surface area contributed by atoms with Gasteiger partial charge in [0.1, 0.15) is 11.6 Å². The first-order valence-corrected chi connectivity index (χ1v) is 5.89. The Hall–Kier alpha value is -0.670. The molecule has 0 aliphatic carbocycles. The van der Waals surface area contributed by atoms with Crippen molar-refractivity contribution >= 4 is 11.6 Å². The first-order valence-electron chi connectivity index (χ1n) is 5.51.